The molecular formula is C12H15NOS. The van der Waals surface area contributed by atoms with Gasteiger partial charge in [-0.1, -0.05) is 18.2 Å². The molecule has 0 bridgehead atoms. The number of ether oxygens (including phenoxy) is 1. The highest BCUT2D eigenvalue weighted by atomic mass is 32.1. The summed E-state index contributed by atoms with van der Waals surface area (Å²) in [6, 6.07) is 10.5. The van der Waals surface area contributed by atoms with Crippen LogP contribution in [0.1, 0.15) is 17.8 Å². The molecule has 0 fully saturated rings. The summed E-state index contributed by atoms with van der Waals surface area (Å²) in [5.74, 6) is 0. The average molecular weight is 221 g/mol. The Balaban J connectivity index is 2.20. The lowest BCUT2D eigenvalue weighted by atomic mass is 10.2. The first-order chi connectivity index (χ1) is 7.31. The summed E-state index contributed by atoms with van der Waals surface area (Å²) in [5.41, 5.74) is 6.03. The number of rotatable bonds is 4. The third-order valence-electron chi connectivity index (χ3n) is 2.31. The summed E-state index contributed by atoms with van der Waals surface area (Å²) in [7, 11) is 0. The first kappa shape index (κ1) is 10.6. The van der Waals surface area contributed by atoms with Crippen molar-refractivity contribution in [1.82, 2.24) is 0 Å². The lowest BCUT2D eigenvalue weighted by Crippen LogP contribution is -2.15. The lowest BCUT2D eigenvalue weighted by Gasteiger charge is -2.08. The molecule has 2 aromatic rings. The van der Waals surface area contributed by atoms with E-state index in [1.165, 1.54) is 15.0 Å². The molecule has 1 atom stereocenters. The second kappa shape index (κ2) is 4.75. The predicted molar refractivity (Wildman–Crippen MR) is 65.2 cm³/mol. The van der Waals surface area contributed by atoms with Gasteiger partial charge < -0.3 is 10.5 Å². The Hall–Kier alpha value is -0.900. The maximum atomic E-state index is 6.03. The SMILES string of the molecule is CCOCC(N)c1cc2ccccc2s1. The van der Waals surface area contributed by atoms with Crippen molar-refractivity contribution in [3.8, 4) is 0 Å². The van der Waals surface area contributed by atoms with E-state index in [0.717, 1.165) is 6.61 Å². The Kier molecular flexibility index (Phi) is 3.36. The molecule has 15 heavy (non-hydrogen) atoms. The quantitative estimate of drug-likeness (QED) is 0.861. The summed E-state index contributed by atoms with van der Waals surface area (Å²) in [5, 5.41) is 1.27. The summed E-state index contributed by atoms with van der Waals surface area (Å²) in [6.07, 6.45) is 0. The van der Waals surface area contributed by atoms with E-state index in [-0.39, 0.29) is 6.04 Å². The van der Waals surface area contributed by atoms with Crippen molar-refractivity contribution in [2.45, 2.75) is 13.0 Å². The Morgan fingerprint density at radius 3 is 2.93 bits per heavy atom. The number of fused-ring (bicyclic) bond motifs is 1. The van der Waals surface area contributed by atoms with E-state index in [9.17, 15) is 0 Å². The second-order valence-corrected chi connectivity index (χ2v) is 4.57. The average Bonchev–Trinajstić information content (AvgIpc) is 2.69. The van der Waals surface area contributed by atoms with Gasteiger partial charge in [0.15, 0.2) is 0 Å². The second-order valence-electron chi connectivity index (χ2n) is 3.45. The van der Waals surface area contributed by atoms with Gasteiger partial charge in [-0.2, -0.15) is 0 Å². The highest BCUT2D eigenvalue weighted by molar-refractivity contribution is 7.19. The third-order valence-corrected chi connectivity index (χ3v) is 3.56. The van der Waals surface area contributed by atoms with Gasteiger partial charge in [-0.25, -0.2) is 0 Å². The van der Waals surface area contributed by atoms with Crippen LogP contribution in [0.15, 0.2) is 30.3 Å². The van der Waals surface area contributed by atoms with Gasteiger partial charge in [0, 0.05) is 16.2 Å². The molecule has 0 aliphatic heterocycles. The molecule has 2 N–H and O–H groups in total. The van der Waals surface area contributed by atoms with Crippen LogP contribution in [-0.4, -0.2) is 13.2 Å². The molecule has 0 aliphatic rings. The van der Waals surface area contributed by atoms with Gasteiger partial charge in [-0.15, -0.1) is 11.3 Å². The molecule has 0 saturated heterocycles. The zero-order valence-electron chi connectivity index (χ0n) is 8.77. The number of hydrogen-bond acceptors (Lipinski definition) is 3. The first-order valence-corrected chi connectivity index (χ1v) is 5.94. The van der Waals surface area contributed by atoms with Crippen molar-refractivity contribution >= 4 is 21.4 Å². The van der Waals surface area contributed by atoms with Crippen LogP contribution < -0.4 is 5.73 Å². The zero-order valence-corrected chi connectivity index (χ0v) is 9.59. The maximum absolute atomic E-state index is 6.03. The first-order valence-electron chi connectivity index (χ1n) is 5.13. The predicted octanol–water partition coefficient (Wildman–Crippen LogP) is 2.94. The van der Waals surface area contributed by atoms with Crippen LogP contribution in [0.4, 0.5) is 0 Å². The van der Waals surface area contributed by atoms with Crippen LogP contribution >= 0.6 is 11.3 Å². The van der Waals surface area contributed by atoms with E-state index in [1.807, 2.05) is 13.0 Å². The van der Waals surface area contributed by atoms with Gasteiger partial charge in [-0.3, -0.25) is 0 Å². The van der Waals surface area contributed by atoms with Gasteiger partial charge in [-0.05, 0) is 24.4 Å². The molecule has 1 unspecified atom stereocenters. The van der Waals surface area contributed by atoms with E-state index in [1.54, 1.807) is 11.3 Å². The van der Waals surface area contributed by atoms with Crippen LogP contribution in [0, 0.1) is 0 Å². The molecule has 80 valence electrons. The van der Waals surface area contributed by atoms with Crippen molar-refractivity contribution < 1.29 is 4.74 Å². The van der Waals surface area contributed by atoms with E-state index in [0.29, 0.717) is 6.61 Å². The van der Waals surface area contributed by atoms with Crippen LogP contribution in [0.3, 0.4) is 0 Å². The zero-order chi connectivity index (χ0) is 10.7. The minimum absolute atomic E-state index is 0.00218. The molecule has 2 nitrogen and oxygen atoms in total. The number of nitrogens with two attached hydrogens (primary N) is 1. The third kappa shape index (κ3) is 2.37. The fraction of sp³-hybridized carbons (Fsp3) is 0.333. The highest BCUT2D eigenvalue weighted by Crippen LogP contribution is 2.28. The highest BCUT2D eigenvalue weighted by Gasteiger charge is 2.09. The van der Waals surface area contributed by atoms with Gasteiger partial charge in [0.1, 0.15) is 0 Å². The minimum Gasteiger partial charge on any atom is -0.380 e. The molecule has 0 radical (unpaired) electrons. The Morgan fingerprint density at radius 1 is 1.40 bits per heavy atom. The molecule has 0 spiro atoms. The topological polar surface area (TPSA) is 35.2 Å². The monoisotopic (exact) mass is 221 g/mol. The Morgan fingerprint density at radius 2 is 2.20 bits per heavy atom. The number of benzene rings is 1. The standard InChI is InChI=1S/C12H15NOS/c1-2-14-8-10(13)12-7-9-5-3-4-6-11(9)15-12/h3-7,10H,2,8,13H2,1H3. The normalized spacial score (nSPS) is 13.2. The number of thiophene rings is 1. The van der Waals surface area contributed by atoms with E-state index in [2.05, 4.69) is 24.3 Å². The van der Waals surface area contributed by atoms with Crippen LogP contribution in [0.2, 0.25) is 0 Å². The van der Waals surface area contributed by atoms with Crippen molar-refractivity contribution in [3.63, 3.8) is 0 Å². The summed E-state index contributed by atoms with van der Waals surface area (Å²) in [6.45, 7) is 3.31. The molecule has 1 heterocycles. The fourth-order valence-corrected chi connectivity index (χ4v) is 2.56. The van der Waals surface area contributed by atoms with E-state index < -0.39 is 0 Å². The Labute approximate surface area is 93.7 Å². The molecule has 1 aromatic heterocycles. The smallest absolute Gasteiger partial charge is 0.0667 e. The van der Waals surface area contributed by atoms with Crippen LogP contribution in [0.25, 0.3) is 10.1 Å². The number of hydrogen-bond donors (Lipinski definition) is 1. The largest absolute Gasteiger partial charge is 0.380 e. The van der Waals surface area contributed by atoms with Gasteiger partial charge in [0.25, 0.3) is 0 Å². The van der Waals surface area contributed by atoms with Gasteiger partial charge >= 0.3 is 0 Å². The molecule has 0 aliphatic carbocycles. The summed E-state index contributed by atoms with van der Waals surface area (Å²) >= 11 is 1.75. The van der Waals surface area contributed by atoms with E-state index in [4.69, 9.17) is 10.5 Å². The maximum Gasteiger partial charge on any atom is 0.0667 e. The summed E-state index contributed by atoms with van der Waals surface area (Å²) in [4.78, 5) is 1.20. The van der Waals surface area contributed by atoms with Crippen LogP contribution in [-0.2, 0) is 4.74 Å². The molecule has 0 saturated carbocycles. The van der Waals surface area contributed by atoms with E-state index >= 15 is 0 Å². The Bertz CT molecular complexity index is 405. The van der Waals surface area contributed by atoms with Crippen molar-refractivity contribution in [1.29, 1.82) is 0 Å². The fourth-order valence-electron chi connectivity index (χ4n) is 1.51. The van der Waals surface area contributed by atoms with Crippen LogP contribution in [0.5, 0.6) is 0 Å². The van der Waals surface area contributed by atoms with Gasteiger partial charge in [0.05, 0.1) is 12.6 Å². The van der Waals surface area contributed by atoms with Crippen molar-refractivity contribution in [2.75, 3.05) is 13.2 Å². The molecule has 0 amide bonds. The molecule has 2 rings (SSSR count). The van der Waals surface area contributed by atoms with Crippen molar-refractivity contribution in [3.05, 3.63) is 35.2 Å². The molecule has 1 aromatic carbocycles. The molecular weight excluding hydrogens is 206 g/mol. The van der Waals surface area contributed by atoms with Crippen molar-refractivity contribution in [2.24, 2.45) is 5.73 Å². The van der Waals surface area contributed by atoms with Gasteiger partial charge in [0.2, 0.25) is 0 Å². The lowest BCUT2D eigenvalue weighted by molar-refractivity contribution is 0.134. The summed E-state index contributed by atoms with van der Waals surface area (Å²) < 4.78 is 6.62. The minimum atomic E-state index is 0.00218. The molecule has 3 heteroatoms.